The highest BCUT2D eigenvalue weighted by molar-refractivity contribution is 5.48. The second-order valence-electron chi connectivity index (χ2n) is 5.14. The number of nitrogens with zero attached hydrogens (tertiary/aromatic N) is 4. The molecule has 0 aliphatic carbocycles. The third kappa shape index (κ3) is 3.10. The van der Waals surface area contributed by atoms with E-state index in [0.29, 0.717) is 30.5 Å². The summed E-state index contributed by atoms with van der Waals surface area (Å²) in [5.41, 5.74) is -0.680. The number of alkyl halides is 3. The lowest BCUT2D eigenvalue weighted by Crippen LogP contribution is -2.55. The van der Waals surface area contributed by atoms with Crippen molar-refractivity contribution in [3.8, 4) is 0 Å². The maximum atomic E-state index is 12.7. The van der Waals surface area contributed by atoms with Crippen molar-refractivity contribution in [2.24, 2.45) is 0 Å². The lowest BCUT2D eigenvalue weighted by molar-refractivity contribution is -0.137. The number of pyridine rings is 1. The monoisotopic (exact) mass is 309 g/mol. The van der Waals surface area contributed by atoms with Crippen LogP contribution < -0.4 is 10.2 Å². The maximum Gasteiger partial charge on any atom is 0.416 e. The molecule has 8 heteroatoms. The summed E-state index contributed by atoms with van der Waals surface area (Å²) in [5, 5.41) is 3.22. The van der Waals surface area contributed by atoms with Crippen LogP contribution in [0.25, 0.3) is 0 Å². The lowest BCUT2D eigenvalue weighted by Gasteiger charge is -2.40. The molecule has 0 spiro atoms. The van der Waals surface area contributed by atoms with E-state index in [-0.39, 0.29) is 6.04 Å². The molecule has 2 aromatic heterocycles. The highest BCUT2D eigenvalue weighted by Gasteiger charge is 2.33. The number of hydrogen-bond acceptors (Lipinski definition) is 5. The molecular formula is C14H14F3N5. The molecule has 1 aliphatic rings. The predicted molar refractivity (Wildman–Crippen MR) is 75.6 cm³/mol. The van der Waals surface area contributed by atoms with Gasteiger partial charge in [0.1, 0.15) is 17.5 Å². The summed E-state index contributed by atoms with van der Waals surface area (Å²) in [6, 6.07) is 3.94. The highest BCUT2D eigenvalue weighted by atomic mass is 19.4. The number of nitrogens with one attached hydrogen (secondary N) is 1. The summed E-state index contributed by atoms with van der Waals surface area (Å²) in [7, 11) is 0. The van der Waals surface area contributed by atoms with Gasteiger partial charge in [0.05, 0.1) is 11.6 Å². The fraction of sp³-hybridized carbons (Fsp3) is 0.357. The van der Waals surface area contributed by atoms with Crippen molar-refractivity contribution >= 4 is 11.6 Å². The van der Waals surface area contributed by atoms with E-state index in [1.807, 2.05) is 0 Å². The third-order valence-electron chi connectivity index (χ3n) is 3.41. The summed E-state index contributed by atoms with van der Waals surface area (Å²) in [4.78, 5) is 14.0. The zero-order chi connectivity index (χ0) is 15.7. The smallest absolute Gasteiger partial charge is 0.364 e. The van der Waals surface area contributed by atoms with Crippen molar-refractivity contribution < 1.29 is 13.2 Å². The Balaban J connectivity index is 1.62. The molecule has 3 heterocycles. The van der Waals surface area contributed by atoms with E-state index in [1.165, 1.54) is 6.20 Å². The Bertz CT molecular complexity index is 668. The first-order chi connectivity index (χ1) is 10.4. The van der Waals surface area contributed by atoms with Gasteiger partial charge in [0.15, 0.2) is 0 Å². The van der Waals surface area contributed by atoms with Crippen LogP contribution >= 0.6 is 0 Å². The fourth-order valence-electron chi connectivity index (χ4n) is 2.27. The van der Waals surface area contributed by atoms with Gasteiger partial charge in [-0.1, -0.05) is 0 Å². The number of halogens is 3. The molecule has 0 unspecified atom stereocenters. The van der Waals surface area contributed by atoms with E-state index in [4.69, 9.17) is 0 Å². The van der Waals surface area contributed by atoms with E-state index in [0.717, 1.165) is 12.1 Å². The van der Waals surface area contributed by atoms with Crippen LogP contribution in [0.3, 0.4) is 0 Å². The molecule has 0 saturated carbocycles. The van der Waals surface area contributed by atoms with E-state index in [9.17, 15) is 13.2 Å². The molecule has 3 rings (SSSR count). The maximum absolute atomic E-state index is 12.7. The number of rotatable bonds is 3. The second kappa shape index (κ2) is 5.43. The second-order valence-corrected chi connectivity index (χ2v) is 5.14. The molecule has 5 nitrogen and oxygen atoms in total. The van der Waals surface area contributed by atoms with Gasteiger partial charge in [-0.2, -0.15) is 13.2 Å². The summed E-state index contributed by atoms with van der Waals surface area (Å²) in [5.74, 6) is 1.72. The van der Waals surface area contributed by atoms with Crippen LogP contribution in [0.15, 0.2) is 30.6 Å². The molecule has 22 heavy (non-hydrogen) atoms. The Morgan fingerprint density at radius 1 is 1.18 bits per heavy atom. The SMILES string of the molecule is Cc1nccc(NC2CN(c3cc(C(F)(F)F)ccn3)C2)n1. The minimum absolute atomic E-state index is 0.130. The standard InChI is InChI=1S/C14H14F3N5/c1-9-18-5-3-12(20-9)21-11-7-22(8-11)13-6-10(2-4-19-13)14(15,16)17/h2-6,11H,7-8H2,1H3,(H,18,20,21). The van der Waals surface area contributed by atoms with Crippen molar-refractivity contribution in [1.82, 2.24) is 15.0 Å². The number of anilines is 2. The molecule has 1 fully saturated rings. The van der Waals surface area contributed by atoms with E-state index < -0.39 is 11.7 Å². The molecule has 0 amide bonds. The Morgan fingerprint density at radius 2 is 1.91 bits per heavy atom. The first-order valence-corrected chi connectivity index (χ1v) is 6.76. The molecular weight excluding hydrogens is 295 g/mol. The lowest BCUT2D eigenvalue weighted by atomic mass is 10.1. The normalized spacial score (nSPS) is 15.5. The van der Waals surface area contributed by atoms with Crippen molar-refractivity contribution in [3.63, 3.8) is 0 Å². The number of hydrogen-bond donors (Lipinski definition) is 1. The summed E-state index contributed by atoms with van der Waals surface area (Å²) >= 11 is 0. The Kier molecular flexibility index (Phi) is 3.59. The van der Waals surface area contributed by atoms with Crippen molar-refractivity contribution in [3.05, 3.63) is 42.0 Å². The van der Waals surface area contributed by atoms with Gasteiger partial charge in [-0.25, -0.2) is 15.0 Å². The van der Waals surface area contributed by atoms with Gasteiger partial charge >= 0.3 is 6.18 Å². The average Bonchev–Trinajstić information content (AvgIpc) is 2.42. The van der Waals surface area contributed by atoms with Crippen LogP contribution in [0.5, 0.6) is 0 Å². The van der Waals surface area contributed by atoms with Crippen LogP contribution in [0.4, 0.5) is 24.8 Å². The predicted octanol–water partition coefficient (Wildman–Crippen LogP) is 2.50. The molecule has 1 aliphatic heterocycles. The number of aromatic nitrogens is 3. The van der Waals surface area contributed by atoms with Crippen LogP contribution in [0.1, 0.15) is 11.4 Å². The van der Waals surface area contributed by atoms with Gasteiger partial charge in [-0.3, -0.25) is 0 Å². The molecule has 1 N–H and O–H groups in total. The Morgan fingerprint density at radius 3 is 2.59 bits per heavy atom. The van der Waals surface area contributed by atoms with Crippen LogP contribution in [-0.2, 0) is 6.18 Å². The third-order valence-corrected chi connectivity index (χ3v) is 3.41. The van der Waals surface area contributed by atoms with Gasteiger partial charge in [-0.15, -0.1) is 0 Å². The molecule has 0 atom stereocenters. The van der Waals surface area contributed by atoms with Crippen molar-refractivity contribution in [2.75, 3.05) is 23.3 Å². The molecule has 2 aromatic rings. The molecule has 116 valence electrons. The van der Waals surface area contributed by atoms with Gasteiger partial charge < -0.3 is 10.2 Å². The van der Waals surface area contributed by atoms with E-state index in [1.54, 1.807) is 24.1 Å². The van der Waals surface area contributed by atoms with Gasteiger partial charge in [0.2, 0.25) is 0 Å². The van der Waals surface area contributed by atoms with Gasteiger partial charge in [0.25, 0.3) is 0 Å². The van der Waals surface area contributed by atoms with Gasteiger partial charge in [0, 0.05) is 25.5 Å². The highest BCUT2D eigenvalue weighted by Crippen LogP contribution is 2.31. The van der Waals surface area contributed by atoms with Crippen LogP contribution in [-0.4, -0.2) is 34.1 Å². The first kappa shape index (κ1) is 14.6. The van der Waals surface area contributed by atoms with Gasteiger partial charge in [-0.05, 0) is 25.1 Å². The molecule has 1 saturated heterocycles. The van der Waals surface area contributed by atoms with Crippen LogP contribution in [0.2, 0.25) is 0 Å². The van der Waals surface area contributed by atoms with Crippen molar-refractivity contribution in [2.45, 2.75) is 19.1 Å². The summed E-state index contributed by atoms with van der Waals surface area (Å²) in [6.07, 6.45) is -1.50. The Hall–Kier alpha value is -2.38. The van der Waals surface area contributed by atoms with E-state index >= 15 is 0 Å². The molecule has 0 bridgehead atoms. The minimum Gasteiger partial charge on any atom is -0.364 e. The van der Waals surface area contributed by atoms with Crippen molar-refractivity contribution in [1.29, 1.82) is 0 Å². The fourth-order valence-corrected chi connectivity index (χ4v) is 2.27. The zero-order valence-corrected chi connectivity index (χ0v) is 11.8. The first-order valence-electron chi connectivity index (χ1n) is 6.76. The molecule has 0 aromatic carbocycles. The largest absolute Gasteiger partial charge is 0.416 e. The minimum atomic E-state index is -4.35. The summed E-state index contributed by atoms with van der Waals surface area (Å²) in [6.45, 7) is 2.96. The number of aryl methyl sites for hydroxylation is 1. The van der Waals surface area contributed by atoms with Crippen LogP contribution in [0, 0.1) is 6.92 Å². The topological polar surface area (TPSA) is 53.9 Å². The zero-order valence-electron chi connectivity index (χ0n) is 11.8. The summed E-state index contributed by atoms with van der Waals surface area (Å²) < 4.78 is 38.0. The van der Waals surface area contributed by atoms with E-state index in [2.05, 4.69) is 20.3 Å². The average molecular weight is 309 g/mol. The molecule has 0 radical (unpaired) electrons. The quantitative estimate of drug-likeness (QED) is 0.944. The Labute approximate surface area is 125 Å².